The normalized spacial score (nSPS) is 12.4. The van der Waals surface area contributed by atoms with Gasteiger partial charge in [0.05, 0.1) is 0 Å². The summed E-state index contributed by atoms with van der Waals surface area (Å²) in [6, 6.07) is 20.7. The van der Waals surface area contributed by atoms with Gasteiger partial charge in [-0.25, -0.2) is 0 Å². The molecule has 3 aromatic carbocycles. The Morgan fingerprint density at radius 3 is 1.74 bits per heavy atom. The van der Waals surface area contributed by atoms with E-state index in [0.717, 1.165) is 33.6 Å². The second-order valence-electron chi connectivity index (χ2n) is 7.46. The molecule has 3 aromatic rings. The van der Waals surface area contributed by atoms with Gasteiger partial charge in [0.2, 0.25) is 0 Å². The van der Waals surface area contributed by atoms with Gasteiger partial charge in [-0.15, -0.1) is 0 Å². The third-order valence-corrected chi connectivity index (χ3v) is 5.57. The molecule has 4 nitrogen and oxygen atoms in total. The van der Waals surface area contributed by atoms with Gasteiger partial charge in [-0.2, -0.15) is 0 Å². The molecule has 0 fully saturated rings. The van der Waals surface area contributed by atoms with E-state index in [4.69, 9.17) is 14.6 Å². The Kier molecular flexibility index (Phi) is 8.66. The molecule has 0 aliphatic carbocycles. The van der Waals surface area contributed by atoms with Gasteiger partial charge >= 0.3 is 0 Å². The molecule has 0 aliphatic heterocycles. The van der Waals surface area contributed by atoms with Crippen molar-refractivity contribution in [3.63, 3.8) is 0 Å². The van der Waals surface area contributed by atoms with E-state index in [-0.39, 0.29) is 13.6 Å². The van der Waals surface area contributed by atoms with Crippen molar-refractivity contribution in [3.8, 4) is 11.5 Å². The molecule has 2 N–H and O–H groups in total. The molecule has 0 aromatic heterocycles. The van der Waals surface area contributed by atoms with Crippen molar-refractivity contribution in [1.29, 1.82) is 0 Å². The van der Waals surface area contributed by atoms with Gasteiger partial charge in [0.25, 0.3) is 0 Å². The summed E-state index contributed by atoms with van der Waals surface area (Å²) in [6.45, 7) is 11.5. The highest BCUT2D eigenvalue weighted by molar-refractivity contribution is 5.55. The van der Waals surface area contributed by atoms with Crippen LogP contribution < -0.4 is 9.47 Å². The van der Waals surface area contributed by atoms with Gasteiger partial charge in [0.1, 0.15) is 11.5 Å². The van der Waals surface area contributed by atoms with Gasteiger partial charge < -0.3 is 19.7 Å². The summed E-state index contributed by atoms with van der Waals surface area (Å²) in [6.07, 6.45) is 0. The summed E-state index contributed by atoms with van der Waals surface area (Å²) in [5.74, 6) is 1.39. The summed E-state index contributed by atoms with van der Waals surface area (Å²) < 4.78 is 10.7. The number of hydrogen-bond donors (Lipinski definition) is 2. The van der Waals surface area contributed by atoms with Crippen LogP contribution in [0, 0.1) is 20.8 Å². The first kappa shape index (κ1) is 24.4. The molecule has 0 radical (unpaired) electrons. The first-order chi connectivity index (χ1) is 14.9. The molecule has 0 amide bonds. The molecular formula is C27H34O4. The highest BCUT2D eigenvalue weighted by atomic mass is 16.6. The van der Waals surface area contributed by atoms with E-state index in [9.17, 15) is 5.11 Å². The second-order valence-corrected chi connectivity index (χ2v) is 7.46. The van der Waals surface area contributed by atoms with E-state index in [1.165, 1.54) is 5.56 Å². The van der Waals surface area contributed by atoms with E-state index < -0.39 is 5.41 Å². The van der Waals surface area contributed by atoms with Crippen LogP contribution in [0.4, 0.5) is 0 Å². The number of hydrogen-bond acceptors (Lipinski definition) is 4. The van der Waals surface area contributed by atoms with Crippen LogP contribution in [0.5, 0.6) is 11.5 Å². The van der Waals surface area contributed by atoms with Crippen molar-refractivity contribution < 1.29 is 19.7 Å². The fraction of sp³-hybridized carbons (Fsp3) is 0.333. The molecule has 0 bridgehead atoms. The predicted octanol–water partition coefficient (Wildman–Crippen LogP) is 5.65. The van der Waals surface area contributed by atoms with E-state index in [1.54, 1.807) is 0 Å². The molecule has 1 atom stereocenters. The molecule has 0 saturated carbocycles. The van der Waals surface area contributed by atoms with Crippen molar-refractivity contribution in [1.82, 2.24) is 0 Å². The Bertz CT molecular complexity index is 959. The fourth-order valence-corrected chi connectivity index (χ4v) is 3.99. The van der Waals surface area contributed by atoms with E-state index >= 15 is 0 Å². The SMILES string of the molecule is CC.Cc1cc(C(C)(c2ccccc2)c2cc(C)c(OCO)c(C)c2)ccc1OCO. The highest BCUT2D eigenvalue weighted by Crippen LogP contribution is 2.42. The van der Waals surface area contributed by atoms with Gasteiger partial charge in [-0.1, -0.05) is 68.4 Å². The summed E-state index contributed by atoms with van der Waals surface area (Å²) in [7, 11) is 0. The maximum atomic E-state index is 9.20. The molecule has 0 spiro atoms. The zero-order chi connectivity index (χ0) is 23.0. The van der Waals surface area contributed by atoms with Crippen LogP contribution >= 0.6 is 0 Å². The average Bonchev–Trinajstić information content (AvgIpc) is 2.79. The molecule has 4 heteroatoms. The van der Waals surface area contributed by atoms with Crippen LogP contribution in [0.1, 0.15) is 54.2 Å². The number of aryl methyl sites for hydroxylation is 3. The molecule has 31 heavy (non-hydrogen) atoms. The van der Waals surface area contributed by atoms with Crippen LogP contribution in [0.15, 0.2) is 60.7 Å². The van der Waals surface area contributed by atoms with Gasteiger partial charge in [-0.05, 0) is 67.1 Å². The minimum atomic E-state index is -0.406. The van der Waals surface area contributed by atoms with Crippen LogP contribution in [0.2, 0.25) is 0 Å². The minimum Gasteiger partial charge on any atom is -0.467 e. The maximum absolute atomic E-state index is 9.20. The number of rotatable bonds is 7. The standard InChI is InChI=1S/C25H28O4.C2H6/c1-17-12-21(10-11-23(17)28-15-26)25(4,20-8-6-5-7-9-20)22-13-18(2)24(29-16-27)19(3)14-22;1-2/h5-14,26-27H,15-16H2,1-4H3;1-2H3. The Morgan fingerprint density at radius 1 is 0.677 bits per heavy atom. The van der Waals surface area contributed by atoms with Crippen molar-refractivity contribution in [2.45, 2.75) is 47.0 Å². The van der Waals surface area contributed by atoms with Gasteiger partial charge in [-0.3, -0.25) is 0 Å². The number of benzene rings is 3. The van der Waals surface area contributed by atoms with Crippen LogP contribution in [0.3, 0.4) is 0 Å². The summed E-state index contributed by atoms with van der Waals surface area (Å²) in [4.78, 5) is 0. The first-order valence-corrected chi connectivity index (χ1v) is 10.7. The summed E-state index contributed by atoms with van der Waals surface area (Å²) in [5, 5.41) is 18.3. The van der Waals surface area contributed by atoms with Crippen LogP contribution in [0.25, 0.3) is 0 Å². The summed E-state index contributed by atoms with van der Waals surface area (Å²) >= 11 is 0. The maximum Gasteiger partial charge on any atom is 0.186 e. The van der Waals surface area contributed by atoms with Crippen molar-refractivity contribution in [2.24, 2.45) is 0 Å². The van der Waals surface area contributed by atoms with Crippen LogP contribution in [-0.2, 0) is 5.41 Å². The number of ether oxygens (including phenoxy) is 2. The fourth-order valence-electron chi connectivity index (χ4n) is 3.99. The average molecular weight is 423 g/mol. The Balaban J connectivity index is 0.00000166. The minimum absolute atomic E-state index is 0.345. The smallest absolute Gasteiger partial charge is 0.186 e. The summed E-state index contributed by atoms with van der Waals surface area (Å²) in [5.41, 5.74) is 5.95. The quantitative estimate of drug-likeness (QED) is 0.382. The Morgan fingerprint density at radius 2 is 1.23 bits per heavy atom. The van der Waals surface area contributed by atoms with Crippen molar-refractivity contribution >= 4 is 0 Å². The lowest BCUT2D eigenvalue weighted by molar-refractivity contribution is 0.0970. The molecule has 1 unspecified atom stereocenters. The van der Waals surface area contributed by atoms with Gasteiger partial charge in [0, 0.05) is 5.41 Å². The van der Waals surface area contributed by atoms with E-state index in [1.807, 2.05) is 65.0 Å². The van der Waals surface area contributed by atoms with E-state index in [0.29, 0.717) is 5.75 Å². The number of aliphatic hydroxyl groups is 2. The zero-order valence-electron chi connectivity index (χ0n) is 19.4. The molecular weight excluding hydrogens is 388 g/mol. The molecule has 166 valence electrons. The highest BCUT2D eigenvalue weighted by Gasteiger charge is 2.32. The molecule has 0 saturated heterocycles. The third-order valence-electron chi connectivity index (χ3n) is 5.57. The Labute approximate surface area is 186 Å². The van der Waals surface area contributed by atoms with Gasteiger partial charge in [0.15, 0.2) is 13.6 Å². The lowest BCUT2D eigenvalue weighted by Gasteiger charge is -2.33. The topological polar surface area (TPSA) is 58.9 Å². The molecule has 0 heterocycles. The monoisotopic (exact) mass is 422 g/mol. The second kappa shape index (κ2) is 11.0. The van der Waals surface area contributed by atoms with Crippen molar-refractivity contribution in [2.75, 3.05) is 13.6 Å². The van der Waals surface area contributed by atoms with E-state index in [2.05, 4.69) is 37.3 Å². The first-order valence-electron chi connectivity index (χ1n) is 10.7. The molecule has 3 rings (SSSR count). The van der Waals surface area contributed by atoms with Crippen molar-refractivity contribution in [3.05, 3.63) is 94.0 Å². The third kappa shape index (κ3) is 5.09. The number of aliphatic hydroxyl groups excluding tert-OH is 2. The zero-order valence-corrected chi connectivity index (χ0v) is 19.4. The Hall–Kier alpha value is -2.82. The largest absolute Gasteiger partial charge is 0.467 e. The molecule has 0 aliphatic rings. The predicted molar refractivity (Wildman–Crippen MR) is 126 cm³/mol. The van der Waals surface area contributed by atoms with Crippen LogP contribution in [-0.4, -0.2) is 23.8 Å². The lowest BCUT2D eigenvalue weighted by atomic mass is 9.70. The lowest BCUT2D eigenvalue weighted by Crippen LogP contribution is -2.26.